The molecule has 12 aromatic rings. The zero-order chi connectivity index (χ0) is 36.7. The van der Waals surface area contributed by atoms with E-state index in [4.69, 9.17) is 4.42 Å². The van der Waals surface area contributed by atoms with Crippen LogP contribution < -0.4 is 4.90 Å². The fourth-order valence-corrected chi connectivity index (χ4v) is 10.0. The average molecular weight is 733 g/mol. The lowest BCUT2D eigenvalue weighted by atomic mass is 10.0. The second kappa shape index (κ2) is 12.2. The molecule has 0 aliphatic carbocycles. The normalized spacial score (nSPS) is 11.9. The Balaban J connectivity index is 1.06. The maximum absolute atomic E-state index is 6.96. The molecule has 4 heteroatoms. The topological polar surface area (TPSA) is 21.3 Å². The Morgan fingerprint density at radius 2 is 1.05 bits per heavy atom. The summed E-state index contributed by atoms with van der Waals surface area (Å²) < 4.78 is 11.9. The molecule has 0 saturated carbocycles. The number of hydrogen-bond donors (Lipinski definition) is 0. The minimum Gasteiger partial charge on any atom is -0.453 e. The van der Waals surface area contributed by atoms with Crippen molar-refractivity contribution in [1.29, 1.82) is 0 Å². The molecule has 0 unspecified atom stereocenters. The zero-order valence-corrected chi connectivity index (χ0v) is 31.0. The molecule has 0 atom stereocenters. The molecule has 0 bridgehead atoms. The molecule has 56 heavy (non-hydrogen) atoms. The average Bonchev–Trinajstić information content (AvgIpc) is 3.95. The van der Waals surface area contributed by atoms with Crippen LogP contribution in [0.5, 0.6) is 0 Å². The van der Waals surface area contributed by atoms with Crippen molar-refractivity contribution in [3.63, 3.8) is 0 Å². The highest BCUT2D eigenvalue weighted by molar-refractivity contribution is 7.26. The number of fused-ring (bicyclic) bond motifs is 11. The number of hydrogen-bond acceptors (Lipinski definition) is 3. The van der Waals surface area contributed by atoms with Crippen molar-refractivity contribution >= 4 is 103 Å². The van der Waals surface area contributed by atoms with Crippen LogP contribution in [0.25, 0.3) is 91.5 Å². The zero-order valence-electron chi connectivity index (χ0n) is 30.2. The highest BCUT2D eigenvalue weighted by Gasteiger charge is 2.23. The second-order valence-corrected chi connectivity index (χ2v) is 15.5. The van der Waals surface area contributed by atoms with E-state index >= 15 is 0 Å². The predicted octanol–water partition coefficient (Wildman–Crippen LogP) is 15.3. The van der Waals surface area contributed by atoms with Gasteiger partial charge in [0.15, 0.2) is 5.58 Å². The lowest BCUT2D eigenvalue weighted by Crippen LogP contribution is -2.10. The Bertz CT molecular complexity index is 3480. The van der Waals surface area contributed by atoms with E-state index in [9.17, 15) is 0 Å². The minimum atomic E-state index is 0.875. The largest absolute Gasteiger partial charge is 0.453 e. The van der Waals surface area contributed by atoms with Gasteiger partial charge in [-0.1, -0.05) is 133 Å². The molecular formula is C52H32N2OS. The Morgan fingerprint density at radius 1 is 0.411 bits per heavy atom. The van der Waals surface area contributed by atoms with E-state index in [1.807, 2.05) is 11.3 Å². The first kappa shape index (κ1) is 31.2. The Labute approximate surface area is 326 Å². The monoisotopic (exact) mass is 732 g/mol. The fraction of sp³-hybridized carbons (Fsp3) is 0. The van der Waals surface area contributed by atoms with E-state index in [1.165, 1.54) is 52.9 Å². The van der Waals surface area contributed by atoms with Crippen LogP contribution in [0.2, 0.25) is 0 Å². The molecule has 3 nitrogen and oxygen atoms in total. The van der Waals surface area contributed by atoms with Crippen molar-refractivity contribution in [1.82, 2.24) is 4.57 Å². The third kappa shape index (κ3) is 4.63. The maximum Gasteiger partial charge on any atom is 0.159 e. The van der Waals surface area contributed by atoms with E-state index in [0.29, 0.717) is 0 Å². The van der Waals surface area contributed by atoms with Crippen molar-refractivity contribution in [2.24, 2.45) is 0 Å². The Kier molecular flexibility index (Phi) is 6.80. The molecule has 3 heterocycles. The van der Waals surface area contributed by atoms with Gasteiger partial charge in [-0.05, 0) is 77.2 Å². The Morgan fingerprint density at radius 3 is 1.93 bits per heavy atom. The van der Waals surface area contributed by atoms with Crippen LogP contribution in [0, 0.1) is 0 Å². The van der Waals surface area contributed by atoms with Crippen LogP contribution in [0.4, 0.5) is 17.1 Å². The van der Waals surface area contributed by atoms with Crippen LogP contribution in [-0.4, -0.2) is 4.57 Å². The summed E-state index contributed by atoms with van der Waals surface area (Å²) in [6.45, 7) is 0. The first-order chi connectivity index (χ1) is 27.8. The summed E-state index contributed by atoms with van der Waals surface area (Å²) in [7, 11) is 0. The van der Waals surface area contributed by atoms with Crippen molar-refractivity contribution in [2.45, 2.75) is 0 Å². The minimum absolute atomic E-state index is 0.875. The Hall–Kier alpha value is -7.14. The van der Waals surface area contributed by atoms with E-state index in [1.54, 1.807) is 0 Å². The van der Waals surface area contributed by atoms with Crippen LogP contribution in [-0.2, 0) is 0 Å². The number of para-hydroxylation sites is 3. The smallest absolute Gasteiger partial charge is 0.159 e. The summed E-state index contributed by atoms with van der Waals surface area (Å²) in [5.41, 5.74) is 10.9. The molecular weight excluding hydrogens is 701 g/mol. The van der Waals surface area contributed by atoms with Crippen molar-refractivity contribution in [3.05, 3.63) is 194 Å². The quantitative estimate of drug-likeness (QED) is 0.176. The molecule has 0 fully saturated rings. The second-order valence-electron chi connectivity index (χ2n) is 14.5. The SMILES string of the molecule is c1ccc(-n2c3ccccc3c3ccc(-c4ccc(N(c5cccc6c5oc5c7ccccc7ccc65)c5cccc6c5sc5ccccc56)cc4)cc32)cc1. The van der Waals surface area contributed by atoms with Crippen LogP contribution in [0.1, 0.15) is 0 Å². The number of furan rings is 1. The standard InChI is InChI=1S/C52H32N2OS/c1-2-13-36(14-3-1)53-45-20-8-6-16-39(45)40-30-27-35(32-48(40)53)33-24-28-37(29-25-33)54(47-22-11-19-44-41-17-7-9-23-49(41)56-52(44)47)46-21-10-18-42-43-31-26-34-12-4-5-15-38(34)50(43)55-51(42)46/h1-32H. The van der Waals surface area contributed by atoms with Gasteiger partial charge in [-0.15, -0.1) is 11.3 Å². The molecule has 9 aromatic carbocycles. The summed E-state index contributed by atoms with van der Waals surface area (Å²) in [6.07, 6.45) is 0. The first-order valence-electron chi connectivity index (χ1n) is 19.0. The van der Waals surface area contributed by atoms with Gasteiger partial charge >= 0.3 is 0 Å². The highest BCUT2D eigenvalue weighted by atomic mass is 32.1. The number of rotatable bonds is 5. The van der Waals surface area contributed by atoms with E-state index < -0.39 is 0 Å². The summed E-state index contributed by atoms with van der Waals surface area (Å²) >= 11 is 1.85. The number of aromatic nitrogens is 1. The molecule has 3 aromatic heterocycles. The summed E-state index contributed by atoms with van der Waals surface area (Å²) in [5.74, 6) is 0. The molecule has 0 radical (unpaired) electrons. The van der Waals surface area contributed by atoms with E-state index in [0.717, 1.165) is 55.6 Å². The summed E-state index contributed by atoms with van der Waals surface area (Å²) in [5, 5.41) is 9.57. The van der Waals surface area contributed by atoms with Gasteiger partial charge in [0.05, 0.1) is 27.1 Å². The van der Waals surface area contributed by atoms with Crippen molar-refractivity contribution < 1.29 is 4.42 Å². The number of thiophene rings is 1. The maximum atomic E-state index is 6.96. The molecule has 0 saturated heterocycles. The molecule has 12 rings (SSSR count). The lowest BCUT2D eigenvalue weighted by molar-refractivity contribution is 0.673. The summed E-state index contributed by atoms with van der Waals surface area (Å²) in [4.78, 5) is 2.39. The van der Waals surface area contributed by atoms with Crippen LogP contribution >= 0.6 is 11.3 Å². The van der Waals surface area contributed by atoms with Gasteiger partial charge in [0.2, 0.25) is 0 Å². The van der Waals surface area contributed by atoms with Gasteiger partial charge in [0.25, 0.3) is 0 Å². The highest BCUT2D eigenvalue weighted by Crippen LogP contribution is 2.48. The van der Waals surface area contributed by atoms with Crippen molar-refractivity contribution in [3.8, 4) is 16.8 Å². The first-order valence-corrected chi connectivity index (χ1v) is 19.8. The van der Waals surface area contributed by atoms with E-state index in [2.05, 4.69) is 204 Å². The van der Waals surface area contributed by atoms with E-state index in [-0.39, 0.29) is 0 Å². The van der Waals surface area contributed by atoms with Crippen LogP contribution in [0.3, 0.4) is 0 Å². The fourth-order valence-electron chi connectivity index (χ4n) is 8.81. The number of anilines is 3. The summed E-state index contributed by atoms with van der Waals surface area (Å²) in [6, 6.07) is 70.1. The molecule has 0 N–H and O–H groups in total. The van der Waals surface area contributed by atoms with Gasteiger partial charge in [-0.2, -0.15) is 0 Å². The third-order valence-corrected chi connectivity index (χ3v) is 12.6. The molecule has 0 spiro atoms. The third-order valence-electron chi connectivity index (χ3n) is 11.4. The molecule has 0 aliphatic heterocycles. The van der Waals surface area contributed by atoms with Gasteiger partial charge in [-0.3, -0.25) is 0 Å². The van der Waals surface area contributed by atoms with Crippen LogP contribution in [0.15, 0.2) is 199 Å². The predicted molar refractivity (Wildman–Crippen MR) is 239 cm³/mol. The van der Waals surface area contributed by atoms with Gasteiger partial charge in [0, 0.05) is 53.8 Å². The van der Waals surface area contributed by atoms with Gasteiger partial charge in [-0.25, -0.2) is 0 Å². The number of benzene rings is 9. The lowest BCUT2D eigenvalue weighted by Gasteiger charge is -2.26. The van der Waals surface area contributed by atoms with Crippen molar-refractivity contribution in [2.75, 3.05) is 4.90 Å². The molecule has 0 aliphatic rings. The molecule has 262 valence electrons. The molecule has 0 amide bonds. The van der Waals surface area contributed by atoms with Gasteiger partial charge < -0.3 is 13.9 Å². The van der Waals surface area contributed by atoms with Gasteiger partial charge in [0.1, 0.15) is 5.58 Å². The number of nitrogens with zero attached hydrogens (tertiary/aromatic N) is 2.